The van der Waals surface area contributed by atoms with Crippen LogP contribution in [0.5, 0.6) is 0 Å². The van der Waals surface area contributed by atoms with Crippen molar-refractivity contribution >= 4 is 3.79 Å². The second kappa shape index (κ2) is 5.17. The van der Waals surface area contributed by atoms with Crippen LogP contribution in [0.1, 0.15) is 13.8 Å². The third kappa shape index (κ3) is 6.24. The number of alkyl halides is 1. The van der Waals surface area contributed by atoms with E-state index < -0.39 is 0 Å². The van der Waals surface area contributed by atoms with Gasteiger partial charge in [0.1, 0.15) is 0 Å². The fraction of sp³-hybridized carbons (Fsp3) is 0.833. The van der Waals surface area contributed by atoms with Crippen molar-refractivity contribution in [1.82, 2.24) is 5.32 Å². The van der Waals surface area contributed by atoms with E-state index in [9.17, 15) is 4.79 Å². The summed E-state index contributed by atoms with van der Waals surface area (Å²) >= 11 is -0.189. The Bertz CT molecular complexity index is 93.1. The molecule has 9 heavy (non-hydrogen) atoms. The number of hydrogen-bond donors (Lipinski definition) is 1. The number of rotatable bonds is 4. The maximum atomic E-state index is 10.7. The van der Waals surface area contributed by atoms with Gasteiger partial charge in [-0.1, -0.05) is 0 Å². The molecule has 1 N–H and O–H groups in total. The Labute approximate surface area is 66.7 Å². The number of carbonyl (C=O) groups excluding carboxylic acids is 1. The van der Waals surface area contributed by atoms with Crippen molar-refractivity contribution in [2.24, 2.45) is 0 Å². The fourth-order valence-electron chi connectivity index (χ4n) is 0.351. The van der Waals surface area contributed by atoms with Gasteiger partial charge in [0.2, 0.25) is 0 Å². The third-order valence-electron chi connectivity index (χ3n) is 0.860. The number of carbonyl (C=O) groups is 1. The molecule has 0 unspecified atom stereocenters. The van der Waals surface area contributed by atoms with E-state index in [-0.39, 0.29) is 21.2 Å². The SMILES string of the molecule is C[I-]C(=O)CNC(C)C. The van der Waals surface area contributed by atoms with Crippen LogP contribution in [0, 0.1) is 0 Å². The van der Waals surface area contributed by atoms with Gasteiger partial charge in [-0.2, -0.15) is 0 Å². The summed E-state index contributed by atoms with van der Waals surface area (Å²) in [6.45, 7) is 4.66. The minimum atomic E-state index is -0.189. The summed E-state index contributed by atoms with van der Waals surface area (Å²) in [4.78, 5) is 12.7. The normalized spacial score (nSPS) is 10.7. The first-order valence-corrected chi connectivity index (χ1v) is 6.16. The van der Waals surface area contributed by atoms with Crippen molar-refractivity contribution in [2.45, 2.75) is 19.9 Å². The molecule has 0 spiro atoms. The molecular formula is C6H13INO-. The van der Waals surface area contributed by atoms with E-state index in [0.29, 0.717) is 16.4 Å². The Hall–Kier alpha value is 0.360. The quantitative estimate of drug-likeness (QED) is 0.328. The van der Waals surface area contributed by atoms with Crippen LogP contribution in [0.15, 0.2) is 0 Å². The Morgan fingerprint density at radius 2 is 2.22 bits per heavy atom. The van der Waals surface area contributed by atoms with E-state index in [4.69, 9.17) is 0 Å². The number of nitrogens with one attached hydrogen (secondary N) is 1. The molecule has 3 heteroatoms. The molecule has 2 nitrogen and oxygen atoms in total. The zero-order valence-electron chi connectivity index (χ0n) is 6.07. The average Bonchev–Trinajstić information content (AvgIpc) is 1.83. The Kier molecular flexibility index (Phi) is 5.38. The molecule has 0 aromatic rings. The molecule has 0 aliphatic carbocycles. The molecule has 0 radical (unpaired) electrons. The second-order valence-electron chi connectivity index (χ2n) is 2.08. The number of hydrogen-bond acceptors (Lipinski definition) is 2. The van der Waals surface area contributed by atoms with E-state index in [2.05, 4.69) is 5.32 Å². The molecule has 0 atom stereocenters. The zero-order chi connectivity index (χ0) is 7.28. The van der Waals surface area contributed by atoms with Gasteiger partial charge in [-0.25, -0.2) is 0 Å². The van der Waals surface area contributed by atoms with E-state index >= 15 is 0 Å². The monoisotopic (exact) mass is 242 g/mol. The molecule has 0 fully saturated rings. The molecule has 56 valence electrons. The summed E-state index contributed by atoms with van der Waals surface area (Å²) in [6.07, 6.45) is 0. The summed E-state index contributed by atoms with van der Waals surface area (Å²) < 4.78 is 0.391. The first kappa shape index (κ1) is 9.36. The van der Waals surface area contributed by atoms with Crippen molar-refractivity contribution in [3.8, 4) is 0 Å². The third-order valence-corrected chi connectivity index (χ3v) is 2.44. The maximum absolute atomic E-state index is 10.7. The Morgan fingerprint density at radius 3 is 2.56 bits per heavy atom. The van der Waals surface area contributed by atoms with Crippen molar-refractivity contribution in [3.63, 3.8) is 0 Å². The van der Waals surface area contributed by atoms with Gasteiger partial charge in [0, 0.05) is 0 Å². The average molecular weight is 242 g/mol. The van der Waals surface area contributed by atoms with E-state index in [1.165, 1.54) is 0 Å². The van der Waals surface area contributed by atoms with Crippen molar-refractivity contribution in [2.75, 3.05) is 11.5 Å². The predicted molar refractivity (Wildman–Crippen MR) is 34.1 cm³/mol. The van der Waals surface area contributed by atoms with Gasteiger partial charge < -0.3 is 0 Å². The molecule has 0 saturated carbocycles. The van der Waals surface area contributed by atoms with Gasteiger partial charge in [0.15, 0.2) is 0 Å². The van der Waals surface area contributed by atoms with Crippen LogP contribution in [0.4, 0.5) is 0 Å². The molecule has 0 bridgehead atoms. The van der Waals surface area contributed by atoms with E-state index in [1.807, 2.05) is 18.8 Å². The molecule has 0 aliphatic rings. The minimum absolute atomic E-state index is 0.189. The molecule has 0 aliphatic heterocycles. The van der Waals surface area contributed by atoms with Crippen LogP contribution in [0.2, 0.25) is 0 Å². The first-order chi connectivity index (χ1) is 4.16. The van der Waals surface area contributed by atoms with Crippen LogP contribution in [-0.4, -0.2) is 21.3 Å². The predicted octanol–water partition coefficient (Wildman–Crippen LogP) is -2.77. The van der Waals surface area contributed by atoms with Crippen molar-refractivity contribution in [3.05, 3.63) is 0 Å². The Morgan fingerprint density at radius 1 is 1.67 bits per heavy atom. The van der Waals surface area contributed by atoms with Gasteiger partial charge in [0.25, 0.3) is 0 Å². The summed E-state index contributed by atoms with van der Waals surface area (Å²) in [7, 11) is 0. The van der Waals surface area contributed by atoms with Crippen LogP contribution >= 0.6 is 0 Å². The van der Waals surface area contributed by atoms with Crippen LogP contribution in [0.25, 0.3) is 0 Å². The van der Waals surface area contributed by atoms with Crippen molar-refractivity contribution in [1.29, 1.82) is 0 Å². The van der Waals surface area contributed by atoms with E-state index in [1.54, 1.807) is 0 Å². The molecule has 0 aromatic carbocycles. The van der Waals surface area contributed by atoms with Gasteiger partial charge in [0.05, 0.1) is 0 Å². The second-order valence-corrected chi connectivity index (χ2v) is 4.36. The summed E-state index contributed by atoms with van der Waals surface area (Å²) in [5, 5.41) is 3.07. The van der Waals surface area contributed by atoms with Gasteiger partial charge in [-0.15, -0.1) is 0 Å². The first-order valence-electron chi connectivity index (χ1n) is 2.92. The van der Waals surface area contributed by atoms with Gasteiger partial charge >= 0.3 is 66.5 Å². The summed E-state index contributed by atoms with van der Waals surface area (Å²) in [5.41, 5.74) is 0. The molecule has 0 saturated heterocycles. The molecule has 0 aromatic heterocycles. The van der Waals surface area contributed by atoms with Crippen LogP contribution < -0.4 is 26.5 Å². The standard InChI is InChI=1S/C6H13INO/c1-5(2)8-4-6(9)7-3/h5,8H,4H2,1-3H3/q-1. The van der Waals surface area contributed by atoms with Crippen LogP contribution in [0.3, 0.4) is 0 Å². The van der Waals surface area contributed by atoms with Gasteiger partial charge in [-0.3, -0.25) is 0 Å². The summed E-state index contributed by atoms with van der Waals surface area (Å²) in [6, 6.07) is 0.435. The zero-order valence-corrected chi connectivity index (χ0v) is 8.23. The van der Waals surface area contributed by atoms with Gasteiger partial charge in [-0.05, 0) is 0 Å². The molecular weight excluding hydrogens is 229 g/mol. The fourth-order valence-corrected chi connectivity index (χ4v) is 0.953. The van der Waals surface area contributed by atoms with Crippen molar-refractivity contribution < 1.29 is 26.0 Å². The molecule has 0 amide bonds. The molecule has 0 heterocycles. The molecule has 0 rings (SSSR count). The van der Waals surface area contributed by atoms with Crippen LogP contribution in [-0.2, 0) is 4.79 Å². The Balaban J connectivity index is 3.17. The summed E-state index contributed by atoms with van der Waals surface area (Å²) in [5.74, 6) is 0. The van der Waals surface area contributed by atoms with E-state index in [0.717, 1.165) is 0 Å². The topological polar surface area (TPSA) is 29.1 Å². The number of halogens is 1.